The number of aromatic nitrogens is 3. The number of hydrogen-bond donors (Lipinski definition) is 1. The van der Waals surface area contributed by atoms with E-state index in [1.165, 1.54) is 27.4 Å². The Kier molecular flexibility index (Phi) is 3.85. The Balaban J connectivity index is 2.34. The molecule has 9 heteroatoms. The average molecular weight is 315 g/mol. The summed E-state index contributed by atoms with van der Waals surface area (Å²) in [5.41, 5.74) is 6.24. The molecule has 2 aromatic heterocycles. The summed E-state index contributed by atoms with van der Waals surface area (Å²) in [6.07, 6.45) is 1.69. The highest BCUT2D eigenvalue weighted by Gasteiger charge is 2.29. The molecule has 0 aliphatic rings. The zero-order valence-corrected chi connectivity index (χ0v) is 13.4. The van der Waals surface area contributed by atoms with Crippen LogP contribution in [0.4, 0.5) is 5.82 Å². The monoisotopic (exact) mass is 315 g/mol. The lowest BCUT2D eigenvalue weighted by Gasteiger charge is -2.16. The highest BCUT2D eigenvalue weighted by Crippen LogP contribution is 2.26. The summed E-state index contributed by atoms with van der Waals surface area (Å²) in [6.45, 7) is 3.83. The molecule has 0 amide bonds. The van der Waals surface area contributed by atoms with Crippen molar-refractivity contribution in [2.75, 3.05) is 12.8 Å². The number of sulfonamides is 1. The average Bonchev–Trinajstić information content (AvgIpc) is 2.84. The molecule has 0 saturated heterocycles. The van der Waals surface area contributed by atoms with Gasteiger partial charge in [-0.05, 0) is 13.8 Å². The van der Waals surface area contributed by atoms with E-state index in [-0.39, 0.29) is 17.3 Å². The van der Waals surface area contributed by atoms with E-state index in [2.05, 4.69) is 10.1 Å². The molecule has 0 saturated carbocycles. The van der Waals surface area contributed by atoms with Crippen LogP contribution in [0.15, 0.2) is 11.1 Å². The summed E-state index contributed by atoms with van der Waals surface area (Å²) >= 11 is 1.47. The van der Waals surface area contributed by atoms with E-state index < -0.39 is 10.0 Å². The van der Waals surface area contributed by atoms with Crippen LogP contribution in [0.3, 0.4) is 0 Å². The fourth-order valence-electron chi connectivity index (χ4n) is 1.87. The van der Waals surface area contributed by atoms with Gasteiger partial charge in [-0.15, -0.1) is 11.3 Å². The van der Waals surface area contributed by atoms with E-state index in [1.54, 1.807) is 20.2 Å². The molecule has 2 rings (SSSR count). The lowest BCUT2D eigenvalue weighted by molar-refractivity contribution is 0.469. The number of anilines is 1. The van der Waals surface area contributed by atoms with Gasteiger partial charge in [0, 0.05) is 31.7 Å². The maximum absolute atomic E-state index is 12.6. The molecule has 110 valence electrons. The highest BCUT2D eigenvalue weighted by atomic mass is 32.2. The summed E-state index contributed by atoms with van der Waals surface area (Å²) in [5.74, 6) is 0.0253. The number of hydrogen-bond acceptors (Lipinski definition) is 6. The molecule has 2 heterocycles. The summed E-state index contributed by atoms with van der Waals surface area (Å²) in [5, 5.41) is 4.85. The second-order valence-electron chi connectivity index (χ2n) is 4.53. The smallest absolute Gasteiger partial charge is 0.248 e. The SMILES string of the molecule is Cc1ncc(CN(C)S(=O)(=O)c2c(N)nn(C)c2C)s1. The van der Waals surface area contributed by atoms with Crippen LogP contribution in [0.25, 0.3) is 0 Å². The minimum atomic E-state index is -3.66. The number of nitrogen functional groups attached to an aromatic ring is 1. The minimum Gasteiger partial charge on any atom is -0.381 e. The number of nitrogens with two attached hydrogens (primary N) is 1. The fourth-order valence-corrected chi connectivity index (χ4v) is 4.23. The maximum atomic E-state index is 12.6. The summed E-state index contributed by atoms with van der Waals surface area (Å²) in [4.78, 5) is 5.08. The highest BCUT2D eigenvalue weighted by molar-refractivity contribution is 7.89. The Labute approximate surface area is 122 Å². The van der Waals surface area contributed by atoms with Crippen molar-refractivity contribution in [1.29, 1.82) is 0 Å². The van der Waals surface area contributed by atoms with Crippen LogP contribution in [0, 0.1) is 13.8 Å². The van der Waals surface area contributed by atoms with Gasteiger partial charge in [-0.25, -0.2) is 13.4 Å². The first-order chi connectivity index (χ1) is 9.23. The van der Waals surface area contributed by atoms with Gasteiger partial charge < -0.3 is 5.73 Å². The van der Waals surface area contributed by atoms with Gasteiger partial charge in [0.25, 0.3) is 0 Å². The number of aryl methyl sites for hydroxylation is 2. The van der Waals surface area contributed by atoms with Crippen molar-refractivity contribution in [2.24, 2.45) is 7.05 Å². The van der Waals surface area contributed by atoms with Crippen molar-refractivity contribution in [3.63, 3.8) is 0 Å². The van der Waals surface area contributed by atoms with Gasteiger partial charge in [0.2, 0.25) is 10.0 Å². The lowest BCUT2D eigenvalue weighted by Crippen LogP contribution is -2.27. The number of rotatable bonds is 4. The third kappa shape index (κ3) is 2.56. The van der Waals surface area contributed by atoms with Crippen LogP contribution >= 0.6 is 11.3 Å². The predicted octanol–water partition coefficient (Wildman–Crippen LogP) is 0.896. The van der Waals surface area contributed by atoms with Crippen molar-refractivity contribution in [3.05, 3.63) is 21.8 Å². The molecule has 0 aromatic carbocycles. The molecule has 2 N–H and O–H groups in total. The van der Waals surface area contributed by atoms with Crippen LogP contribution in [0.1, 0.15) is 15.6 Å². The quantitative estimate of drug-likeness (QED) is 0.904. The largest absolute Gasteiger partial charge is 0.381 e. The van der Waals surface area contributed by atoms with Crippen molar-refractivity contribution in [3.8, 4) is 0 Å². The van der Waals surface area contributed by atoms with Crippen LogP contribution in [-0.4, -0.2) is 34.5 Å². The summed E-state index contributed by atoms with van der Waals surface area (Å²) in [7, 11) is -0.477. The fraction of sp³-hybridized carbons (Fsp3) is 0.455. The van der Waals surface area contributed by atoms with Gasteiger partial charge in [0.05, 0.1) is 10.7 Å². The van der Waals surface area contributed by atoms with Crippen molar-refractivity contribution in [2.45, 2.75) is 25.3 Å². The molecule has 0 fully saturated rings. The Hall–Kier alpha value is -1.45. The Morgan fingerprint density at radius 1 is 1.45 bits per heavy atom. The summed E-state index contributed by atoms with van der Waals surface area (Å²) < 4.78 is 27.9. The second kappa shape index (κ2) is 5.15. The van der Waals surface area contributed by atoms with Gasteiger partial charge >= 0.3 is 0 Å². The van der Waals surface area contributed by atoms with Crippen LogP contribution in [-0.2, 0) is 23.6 Å². The molecule has 0 unspecified atom stereocenters. The van der Waals surface area contributed by atoms with E-state index in [4.69, 9.17) is 5.73 Å². The topological polar surface area (TPSA) is 94.1 Å². The Bertz CT molecular complexity index is 732. The molecular formula is C11H17N5O2S2. The normalized spacial score (nSPS) is 12.2. The molecule has 0 bridgehead atoms. The molecule has 0 atom stereocenters. The first-order valence-electron chi connectivity index (χ1n) is 5.90. The lowest BCUT2D eigenvalue weighted by atomic mass is 10.5. The van der Waals surface area contributed by atoms with Crippen LogP contribution in [0.5, 0.6) is 0 Å². The molecular weight excluding hydrogens is 298 g/mol. The Morgan fingerprint density at radius 2 is 2.10 bits per heavy atom. The van der Waals surface area contributed by atoms with Crippen molar-refractivity contribution < 1.29 is 8.42 Å². The van der Waals surface area contributed by atoms with Gasteiger partial charge in [0.15, 0.2) is 5.82 Å². The molecule has 0 aliphatic carbocycles. The van der Waals surface area contributed by atoms with Crippen LogP contribution < -0.4 is 5.73 Å². The van der Waals surface area contributed by atoms with Gasteiger partial charge in [-0.1, -0.05) is 0 Å². The van der Waals surface area contributed by atoms with E-state index in [0.29, 0.717) is 5.69 Å². The van der Waals surface area contributed by atoms with E-state index in [0.717, 1.165) is 9.88 Å². The van der Waals surface area contributed by atoms with Crippen molar-refractivity contribution >= 4 is 27.2 Å². The molecule has 20 heavy (non-hydrogen) atoms. The summed E-state index contributed by atoms with van der Waals surface area (Å²) in [6, 6.07) is 0. The number of nitrogens with zero attached hydrogens (tertiary/aromatic N) is 4. The third-order valence-electron chi connectivity index (χ3n) is 3.02. The predicted molar refractivity (Wildman–Crippen MR) is 77.9 cm³/mol. The van der Waals surface area contributed by atoms with Gasteiger partial charge in [-0.3, -0.25) is 4.68 Å². The maximum Gasteiger partial charge on any atom is 0.248 e. The molecule has 0 aliphatic heterocycles. The zero-order valence-electron chi connectivity index (χ0n) is 11.8. The first-order valence-corrected chi connectivity index (χ1v) is 8.16. The third-order valence-corrected chi connectivity index (χ3v) is 5.89. The second-order valence-corrected chi connectivity index (χ2v) is 7.83. The van der Waals surface area contributed by atoms with E-state index in [1.807, 2.05) is 6.92 Å². The first kappa shape index (κ1) is 14.9. The van der Waals surface area contributed by atoms with E-state index >= 15 is 0 Å². The van der Waals surface area contributed by atoms with Gasteiger partial charge in [-0.2, -0.15) is 9.40 Å². The molecule has 0 spiro atoms. The Morgan fingerprint density at radius 3 is 2.55 bits per heavy atom. The number of thiazole rings is 1. The molecule has 0 radical (unpaired) electrons. The molecule has 2 aromatic rings. The standard InChI is InChI=1S/C11H17N5O2S2/c1-7-10(11(12)14-16(7)4)20(17,18)15(3)6-9-5-13-8(2)19-9/h5H,6H2,1-4H3,(H2,12,14). The van der Waals surface area contributed by atoms with E-state index in [9.17, 15) is 8.42 Å². The van der Waals surface area contributed by atoms with Gasteiger partial charge in [0.1, 0.15) is 4.90 Å². The molecule has 7 nitrogen and oxygen atoms in total. The minimum absolute atomic E-state index is 0.0253. The van der Waals surface area contributed by atoms with Crippen molar-refractivity contribution in [1.82, 2.24) is 19.1 Å². The zero-order chi connectivity index (χ0) is 15.1. The van der Waals surface area contributed by atoms with Crippen LogP contribution in [0.2, 0.25) is 0 Å².